The Morgan fingerprint density at radius 1 is 1.32 bits per heavy atom. The maximum atomic E-state index is 12.5. The van der Waals surface area contributed by atoms with Gasteiger partial charge in [-0.3, -0.25) is 4.79 Å². The Kier molecular flexibility index (Phi) is 5.50. The van der Waals surface area contributed by atoms with Gasteiger partial charge in [-0.15, -0.1) is 0 Å². The van der Waals surface area contributed by atoms with Crippen LogP contribution in [0.3, 0.4) is 0 Å². The van der Waals surface area contributed by atoms with Gasteiger partial charge in [-0.1, -0.05) is 28.9 Å². The second kappa shape index (κ2) is 7.85. The number of nitrogens with zero attached hydrogens (tertiary/aromatic N) is 3. The molecule has 2 heterocycles. The van der Waals surface area contributed by atoms with Gasteiger partial charge in [-0.05, 0) is 18.2 Å². The van der Waals surface area contributed by atoms with Crippen molar-refractivity contribution in [2.24, 2.45) is 0 Å². The Bertz CT molecular complexity index is 1010. The number of halogens is 4. The van der Waals surface area contributed by atoms with E-state index in [4.69, 9.17) is 16.1 Å². The first kappa shape index (κ1) is 19.6. The summed E-state index contributed by atoms with van der Waals surface area (Å²) in [6, 6.07) is 7.93. The second-order valence-electron chi connectivity index (χ2n) is 5.55. The molecule has 146 valence electrons. The number of anilines is 1. The highest BCUT2D eigenvalue weighted by Gasteiger charge is 2.29. The van der Waals surface area contributed by atoms with Crippen LogP contribution in [-0.2, 0) is 0 Å². The van der Waals surface area contributed by atoms with E-state index >= 15 is 0 Å². The summed E-state index contributed by atoms with van der Waals surface area (Å²) < 4.78 is 46.1. The average Bonchev–Trinajstić information content (AvgIpc) is 3.06. The lowest BCUT2D eigenvalue weighted by atomic mass is 10.1. The first-order valence-electron chi connectivity index (χ1n) is 7.79. The number of hydrogen-bond donors (Lipinski definition) is 1. The Balaban J connectivity index is 1.78. The van der Waals surface area contributed by atoms with Crippen LogP contribution in [0.25, 0.3) is 11.4 Å². The molecule has 0 saturated heterocycles. The van der Waals surface area contributed by atoms with E-state index in [1.807, 2.05) is 0 Å². The molecule has 0 aliphatic carbocycles. The van der Waals surface area contributed by atoms with E-state index in [-0.39, 0.29) is 10.6 Å². The lowest BCUT2D eigenvalue weighted by Gasteiger charge is -2.11. The van der Waals surface area contributed by atoms with Crippen LogP contribution in [0.4, 0.5) is 18.9 Å². The highest BCUT2D eigenvalue weighted by molar-refractivity contribution is 6.32. The van der Waals surface area contributed by atoms with Crippen molar-refractivity contribution in [2.75, 3.05) is 11.9 Å². The molecule has 1 amide bonds. The fourth-order valence-corrected chi connectivity index (χ4v) is 2.42. The van der Waals surface area contributed by atoms with Crippen molar-refractivity contribution in [3.8, 4) is 17.3 Å². The number of benzene rings is 1. The van der Waals surface area contributed by atoms with E-state index in [1.165, 1.54) is 0 Å². The summed E-state index contributed by atoms with van der Waals surface area (Å²) in [6.45, 7) is 0.0938. The third-order valence-electron chi connectivity index (χ3n) is 3.39. The monoisotopic (exact) mass is 412 g/mol. The number of rotatable bonds is 5. The number of alkyl halides is 3. The van der Waals surface area contributed by atoms with Crippen LogP contribution in [-0.4, -0.2) is 33.8 Å². The maximum absolute atomic E-state index is 12.5. The van der Waals surface area contributed by atoms with Gasteiger partial charge in [-0.25, -0.2) is 4.98 Å². The molecule has 0 aliphatic heterocycles. The molecule has 7 nitrogen and oxygen atoms in total. The third kappa shape index (κ3) is 4.77. The quantitative estimate of drug-likeness (QED) is 0.672. The van der Waals surface area contributed by atoms with Gasteiger partial charge in [0, 0.05) is 18.7 Å². The summed E-state index contributed by atoms with van der Waals surface area (Å²) in [5.41, 5.74) is 0.960. The summed E-state index contributed by atoms with van der Waals surface area (Å²) in [4.78, 5) is 20.3. The van der Waals surface area contributed by atoms with Crippen molar-refractivity contribution in [2.45, 2.75) is 13.1 Å². The molecule has 1 N–H and O–H groups in total. The zero-order valence-corrected chi connectivity index (χ0v) is 15.0. The van der Waals surface area contributed by atoms with Crippen molar-refractivity contribution in [3.05, 3.63) is 53.0 Å². The lowest BCUT2D eigenvalue weighted by Crippen LogP contribution is -2.20. The number of carbonyl (C=O) groups excluding carboxylic acids is 1. The molecule has 0 aliphatic rings. The summed E-state index contributed by atoms with van der Waals surface area (Å²) in [6.07, 6.45) is -3.47. The van der Waals surface area contributed by atoms with Crippen LogP contribution < -0.4 is 10.1 Å². The molecular formula is C17H12ClF3N4O3. The van der Waals surface area contributed by atoms with E-state index in [1.54, 1.807) is 31.2 Å². The second-order valence-corrected chi connectivity index (χ2v) is 5.96. The number of aryl methyl sites for hydroxylation is 1. The summed E-state index contributed by atoms with van der Waals surface area (Å²) in [5.74, 6) is -0.343. The lowest BCUT2D eigenvalue weighted by molar-refractivity contribution is -0.154. The van der Waals surface area contributed by atoms with E-state index in [9.17, 15) is 18.0 Å². The van der Waals surface area contributed by atoms with Crippen LogP contribution >= 0.6 is 11.6 Å². The van der Waals surface area contributed by atoms with Gasteiger partial charge in [0.2, 0.25) is 17.6 Å². The molecule has 0 fully saturated rings. The number of hydrogen-bond acceptors (Lipinski definition) is 6. The Hall–Kier alpha value is -3.14. The molecular weight excluding hydrogens is 401 g/mol. The van der Waals surface area contributed by atoms with Crippen molar-refractivity contribution in [1.82, 2.24) is 15.1 Å². The molecule has 3 aromatic rings. The number of amides is 1. The average molecular weight is 413 g/mol. The highest BCUT2D eigenvalue weighted by atomic mass is 35.5. The van der Waals surface area contributed by atoms with E-state index in [0.717, 1.165) is 12.3 Å². The molecule has 0 saturated carbocycles. The van der Waals surface area contributed by atoms with Crippen LogP contribution in [0.2, 0.25) is 5.02 Å². The largest absolute Gasteiger partial charge is 0.467 e. The Morgan fingerprint density at radius 3 is 2.71 bits per heavy atom. The summed E-state index contributed by atoms with van der Waals surface area (Å²) >= 11 is 5.87. The molecule has 0 unspecified atom stereocenters. The number of para-hydroxylation sites is 1. The number of aromatic nitrogens is 3. The van der Waals surface area contributed by atoms with E-state index in [2.05, 4.69) is 25.2 Å². The first-order valence-corrected chi connectivity index (χ1v) is 8.17. The minimum Gasteiger partial charge on any atom is -0.467 e. The van der Waals surface area contributed by atoms with Crippen LogP contribution in [0.5, 0.6) is 5.88 Å². The van der Waals surface area contributed by atoms with Gasteiger partial charge in [0.15, 0.2) is 6.61 Å². The summed E-state index contributed by atoms with van der Waals surface area (Å²) in [7, 11) is 0. The molecule has 0 radical (unpaired) electrons. The number of ether oxygens (including phenoxy) is 1. The van der Waals surface area contributed by atoms with Crippen LogP contribution in [0, 0.1) is 6.92 Å². The molecule has 3 rings (SSSR count). The predicted octanol–water partition coefficient (Wildman–Crippen LogP) is 4.29. The first-order chi connectivity index (χ1) is 13.2. The molecule has 0 bridgehead atoms. The number of carbonyl (C=O) groups is 1. The smallest absolute Gasteiger partial charge is 0.422 e. The normalized spacial score (nSPS) is 11.3. The minimum atomic E-state index is -4.53. The van der Waals surface area contributed by atoms with Gasteiger partial charge >= 0.3 is 6.18 Å². The van der Waals surface area contributed by atoms with Crippen molar-refractivity contribution < 1.29 is 27.2 Å². The van der Waals surface area contributed by atoms with Crippen molar-refractivity contribution >= 4 is 23.2 Å². The zero-order valence-electron chi connectivity index (χ0n) is 14.2. The fourth-order valence-electron chi connectivity index (χ4n) is 2.20. The minimum absolute atomic E-state index is 0.0310. The fraction of sp³-hybridized carbons (Fsp3) is 0.176. The van der Waals surface area contributed by atoms with Gasteiger partial charge < -0.3 is 14.6 Å². The van der Waals surface area contributed by atoms with Gasteiger partial charge in [0.1, 0.15) is 5.02 Å². The molecule has 2 aromatic heterocycles. The standard InChI is InChI=1S/C17H12ClF3N4O3/c1-9-23-14(25-28-9)11-4-2-3-5-13(11)24-15(26)10-6-12(18)16(22-7-10)27-8-17(19,20)21/h2-7H,8H2,1H3,(H,24,26). The Morgan fingerprint density at radius 2 is 2.07 bits per heavy atom. The number of pyridine rings is 1. The maximum Gasteiger partial charge on any atom is 0.422 e. The topological polar surface area (TPSA) is 90.1 Å². The van der Waals surface area contributed by atoms with E-state index < -0.39 is 24.6 Å². The molecule has 1 aromatic carbocycles. The van der Waals surface area contributed by atoms with Gasteiger partial charge in [0.25, 0.3) is 5.91 Å². The van der Waals surface area contributed by atoms with Crippen molar-refractivity contribution in [1.29, 1.82) is 0 Å². The molecule has 0 atom stereocenters. The molecule has 28 heavy (non-hydrogen) atoms. The van der Waals surface area contributed by atoms with E-state index in [0.29, 0.717) is 23.0 Å². The number of nitrogens with one attached hydrogen (secondary N) is 1. The zero-order chi connectivity index (χ0) is 20.3. The molecule has 11 heteroatoms. The van der Waals surface area contributed by atoms with Crippen LogP contribution in [0.1, 0.15) is 16.2 Å². The summed E-state index contributed by atoms with van der Waals surface area (Å²) in [5, 5.41) is 6.25. The third-order valence-corrected chi connectivity index (χ3v) is 3.66. The predicted molar refractivity (Wildman–Crippen MR) is 93.2 cm³/mol. The van der Waals surface area contributed by atoms with Gasteiger partial charge in [0.05, 0.1) is 11.3 Å². The van der Waals surface area contributed by atoms with Crippen LogP contribution in [0.15, 0.2) is 41.1 Å². The molecule has 0 spiro atoms. The highest BCUT2D eigenvalue weighted by Crippen LogP contribution is 2.28. The van der Waals surface area contributed by atoms with Crippen molar-refractivity contribution in [3.63, 3.8) is 0 Å². The van der Waals surface area contributed by atoms with Gasteiger partial charge in [-0.2, -0.15) is 18.2 Å². The SMILES string of the molecule is Cc1nc(-c2ccccc2NC(=O)c2cnc(OCC(F)(F)F)c(Cl)c2)no1. The Labute approximate surface area is 161 Å².